The Bertz CT molecular complexity index is 627. The highest BCUT2D eigenvalue weighted by atomic mass is 16.4. The second kappa shape index (κ2) is 7.72. The first-order chi connectivity index (χ1) is 12.0. The zero-order valence-electron chi connectivity index (χ0n) is 14.2. The van der Waals surface area contributed by atoms with Gasteiger partial charge in [-0.05, 0) is 37.3 Å². The van der Waals surface area contributed by atoms with Gasteiger partial charge in [-0.3, -0.25) is 14.4 Å². The lowest BCUT2D eigenvalue weighted by Gasteiger charge is -2.34. The van der Waals surface area contributed by atoms with Crippen molar-refractivity contribution in [1.82, 2.24) is 9.80 Å². The molecule has 0 saturated carbocycles. The van der Waals surface area contributed by atoms with E-state index in [1.807, 2.05) is 11.0 Å². The molecular formula is C18H24N2O5. The molecule has 2 aliphatic rings. The number of rotatable bonds is 6. The molecule has 7 nitrogen and oxygen atoms in total. The van der Waals surface area contributed by atoms with Crippen molar-refractivity contribution in [2.45, 2.75) is 38.6 Å². The number of carboxylic acid groups (broad SMARTS) is 1. The van der Waals surface area contributed by atoms with Crippen molar-refractivity contribution in [2.24, 2.45) is 11.8 Å². The lowest BCUT2D eigenvalue weighted by Crippen LogP contribution is -2.43. The second-order valence-corrected chi connectivity index (χ2v) is 6.98. The van der Waals surface area contributed by atoms with E-state index in [0.29, 0.717) is 38.4 Å². The van der Waals surface area contributed by atoms with Crippen molar-refractivity contribution in [3.63, 3.8) is 0 Å². The first-order valence-electron chi connectivity index (χ1n) is 8.83. The van der Waals surface area contributed by atoms with Gasteiger partial charge in [-0.1, -0.05) is 0 Å². The monoisotopic (exact) mass is 348 g/mol. The van der Waals surface area contributed by atoms with Crippen LogP contribution in [0.25, 0.3) is 0 Å². The van der Waals surface area contributed by atoms with Crippen LogP contribution in [0.3, 0.4) is 0 Å². The number of likely N-dealkylation sites (tertiary alicyclic amines) is 2. The van der Waals surface area contributed by atoms with Crippen molar-refractivity contribution in [3.8, 4) is 0 Å². The third-order valence-electron chi connectivity index (χ3n) is 5.09. The lowest BCUT2D eigenvalue weighted by atomic mass is 9.92. The SMILES string of the molecule is O=C(O)CCC1CCCN(C(=O)C2CC(=O)N(Cc3ccco3)C2)C1. The number of furan rings is 1. The van der Waals surface area contributed by atoms with Crippen LogP contribution in [-0.4, -0.2) is 52.3 Å². The highest BCUT2D eigenvalue weighted by Gasteiger charge is 2.37. The number of piperidine rings is 1. The van der Waals surface area contributed by atoms with Crippen LogP contribution in [0, 0.1) is 11.8 Å². The first-order valence-corrected chi connectivity index (χ1v) is 8.83. The van der Waals surface area contributed by atoms with Crippen molar-refractivity contribution >= 4 is 17.8 Å². The Morgan fingerprint density at radius 2 is 2.16 bits per heavy atom. The molecule has 1 aromatic rings. The zero-order chi connectivity index (χ0) is 17.8. The Kier molecular flexibility index (Phi) is 5.40. The minimum absolute atomic E-state index is 0.0193. The Morgan fingerprint density at radius 1 is 1.32 bits per heavy atom. The minimum atomic E-state index is -0.793. The smallest absolute Gasteiger partial charge is 0.303 e. The molecule has 1 aromatic heterocycles. The van der Waals surface area contributed by atoms with Crippen LogP contribution in [0.2, 0.25) is 0 Å². The molecule has 3 rings (SSSR count). The van der Waals surface area contributed by atoms with Gasteiger partial charge < -0.3 is 19.3 Å². The standard InChI is InChI=1S/C18H24N2O5/c21-16-9-14(11-20(16)12-15-4-2-8-25-15)18(24)19-7-1-3-13(10-19)5-6-17(22)23/h2,4,8,13-14H,1,3,5-7,9-12H2,(H,22,23). The maximum absolute atomic E-state index is 12.8. The number of carbonyl (C=O) groups is 3. The van der Waals surface area contributed by atoms with Gasteiger partial charge in [-0.25, -0.2) is 0 Å². The van der Waals surface area contributed by atoms with Crippen LogP contribution in [0.1, 0.15) is 37.9 Å². The van der Waals surface area contributed by atoms with Gasteiger partial charge in [0.2, 0.25) is 11.8 Å². The molecule has 0 bridgehead atoms. The number of aliphatic carboxylic acids is 1. The molecule has 2 aliphatic heterocycles. The summed E-state index contributed by atoms with van der Waals surface area (Å²) < 4.78 is 5.28. The molecule has 1 N–H and O–H groups in total. The highest BCUT2D eigenvalue weighted by Crippen LogP contribution is 2.26. The molecule has 2 atom stereocenters. The van der Waals surface area contributed by atoms with Crippen molar-refractivity contribution in [2.75, 3.05) is 19.6 Å². The minimum Gasteiger partial charge on any atom is -0.481 e. The summed E-state index contributed by atoms with van der Waals surface area (Å²) in [6.07, 6.45) is 4.43. The fraction of sp³-hybridized carbons (Fsp3) is 0.611. The normalized spacial score (nSPS) is 23.9. The molecule has 25 heavy (non-hydrogen) atoms. The van der Waals surface area contributed by atoms with Crippen LogP contribution in [0.4, 0.5) is 0 Å². The average Bonchev–Trinajstić information content (AvgIpc) is 3.23. The van der Waals surface area contributed by atoms with Gasteiger partial charge in [0, 0.05) is 32.5 Å². The quantitative estimate of drug-likeness (QED) is 0.845. The second-order valence-electron chi connectivity index (χ2n) is 6.98. The Labute approximate surface area is 146 Å². The molecule has 0 spiro atoms. The van der Waals surface area contributed by atoms with Gasteiger partial charge in [0.25, 0.3) is 0 Å². The fourth-order valence-electron chi connectivity index (χ4n) is 3.77. The van der Waals surface area contributed by atoms with Crippen LogP contribution in [-0.2, 0) is 20.9 Å². The zero-order valence-corrected chi connectivity index (χ0v) is 14.2. The predicted octanol–water partition coefficient (Wildman–Crippen LogP) is 1.73. The van der Waals surface area contributed by atoms with Crippen molar-refractivity contribution in [3.05, 3.63) is 24.2 Å². The van der Waals surface area contributed by atoms with Gasteiger partial charge in [0.15, 0.2) is 0 Å². The van der Waals surface area contributed by atoms with E-state index < -0.39 is 5.97 Å². The third-order valence-corrected chi connectivity index (χ3v) is 5.09. The molecule has 0 aliphatic carbocycles. The summed E-state index contributed by atoms with van der Waals surface area (Å²) in [4.78, 5) is 39.2. The number of hydrogen-bond acceptors (Lipinski definition) is 4. The van der Waals surface area contributed by atoms with E-state index in [9.17, 15) is 14.4 Å². The summed E-state index contributed by atoms with van der Waals surface area (Å²) in [5.74, 6) is -0.137. The van der Waals surface area contributed by atoms with Crippen LogP contribution < -0.4 is 0 Å². The first kappa shape index (κ1) is 17.5. The summed E-state index contributed by atoms with van der Waals surface area (Å²) in [6, 6.07) is 3.60. The fourth-order valence-corrected chi connectivity index (χ4v) is 3.77. The van der Waals surface area contributed by atoms with Gasteiger partial charge >= 0.3 is 5.97 Å². The molecule has 0 radical (unpaired) electrons. The van der Waals surface area contributed by atoms with E-state index in [4.69, 9.17) is 9.52 Å². The average molecular weight is 348 g/mol. The molecule has 2 fully saturated rings. The van der Waals surface area contributed by atoms with E-state index in [1.165, 1.54) is 0 Å². The van der Waals surface area contributed by atoms with Gasteiger partial charge in [-0.15, -0.1) is 0 Å². The lowest BCUT2D eigenvalue weighted by molar-refractivity contribution is -0.138. The van der Waals surface area contributed by atoms with E-state index in [2.05, 4.69) is 0 Å². The summed E-state index contributed by atoms with van der Waals surface area (Å²) in [5, 5.41) is 8.82. The molecule has 2 saturated heterocycles. The van der Waals surface area contributed by atoms with Gasteiger partial charge in [0.1, 0.15) is 5.76 Å². The van der Waals surface area contributed by atoms with Crippen LogP contribution in [0.5, 0.6) is 0 Å². The number of nitrogens with zero attached hydrogens (tertiary/aromatic N) is 2. The summed E-state index contributed by atoms with van der Waals surface area (Å²) in [5.41, 5.74) is 0. The molecule has 2 unspecified atom stereocenters. The number of carbonyl (C=O) groups excluding carboxylic acids is 2. The molecule has 3 heterocycles. The van der Waals surface area contributed by atoms with E-state index >= 15 is 0 Å². The Hall–Kier alpha value is -2.31. The summed E-state index contributed by atoms with van der Waals surface area (Å²) in [7, 11) is 0. The summed E-state index contributed by atoms with van der Waals surface area (Å²) >= 11 is 0. The van der Waals surface area contributed by atoms with Crippen LogP contribution >= 0.6 is 0 Å². The number of amides is 2. The molecule has 0 aromatic carbocycles. The Balaban J connectivity index is 1.53. The van der Waals surface area contributed by atoms with Crippen molar-refractivity contribution < 1.29 is 23.9 Å². The predicted molar refractivity (Wildman–Crippen MR) is 88.4 cm³/mol. The number of hydrogen-bond donors (Lipinski definition) is 1. The molecular weight excluding hydrogens is 324 g/mol. The van der Waals surface area contributed by atoms with Gasteiger partial charge in [0.05, 0.1) is 18.7 Å². The summed E-state index contributed by atoms with van der Waals surface area (Å²) in [6.45, 7) is 2.13. The van der Waals surface area contributed by atoms with Gasteiger partial charge in [-0.2, -0.15) is 0 Å². The van der Waals surface area contributed by atoms with E-state index in [0.717, 1.165) is 12.8 Å². The van der Waals surface area contributed by atoms with E-state index in [-0.39, 0.29) is 36.5 Å². The van der Waals surface area contributed by atoms with Crippen molar-refractivity contribution in [1.29, 1.82) is 0 Å². The topological polar surface area (TPSA) is 91.1 Å². The third kappa shape index (κ3) is 4.41. The maximum atomic E-state index is 12.8. The molecule has 136 valence electrons. The highest BCUT2D eigenvalue weighted by molar-refractivity contribution is 5.89. The largest absolute Gasteiger partial charge is 0.481 e. The molecule has 7 heteroatoms. The Morgan fingerprint density at radius 3 is 2.88 bits per heavy atom. The maximum Gasteiger partial charge on any atom is 0.303 e. The number of carboxylic acids is 1. The molecule has 2 amide bonds. The van der Waals surface area contributed by atoms with Crippen LogP contribution in [0.15, 0.2) is 22.8 Å². The van der Waals surface area contributed by atoms with E-state index in [1.54, 1.807) is 17.2 Å².